The minimum atomic E-state index is -3.61. The second kappa shape index (κ2) is 6.44. The average molecular weight is 324 g/mol. The molecule has 0 fully saturated rings. The Morgan fingerprint density at radius 2 is 1.74 bits per heavy atom. The molecule has 1 N–H and O–H groups in total. The number of hydrogen-bond acceptors (Lipinski definition) is 2. The first-order valence-electron chi connectivity index (χ1n) is 6.03. The highest BCUT2D eigenvalue weighted by atomic mass is 35.5. The van der Waals surface area contributed by atoms with Crippen molar-refractivity contribution in [3.63, 3.8) is 0 Å². The molecule has 0 aliphatic rings. The lowest BCUT2D eigenvalue weighted by molar-refractivity contribution is 0.449. The van der Waals surface area contributed by atoms with Gasteiger partial charge in [-0.3, -0.25) is 0 Å². The van der Waals surface area contributed by atoms with E-state index in [1.54, 1.807) is 18.2 Å². The van der Waals surface area contributed by atoms with Crippen LogP contribution in [-0.2, 0) is 10.0 Å². The minimum absolute atomic E-state index is 0.136. The van der Waals surface area contributed by atoms with Gasteiger partial charge in [-0.2, -0.15) is 0 Å². The number of hydrogen-bond donors (Lipinski definition) is 1. The standard InChI is InChI=1S/C13H19Cl2NO2S/c1-4-13(8-14,9-15)16-19(17,18)12-6-5-10(2)11(3)7-12/h5-7,16H,4,8-9H2,1-3H3. The van der Waals surface area contributed by atoms with Gasteiger partial charge in [-0.15, -0.1) is 23.2 Å². The van der Waals surface area contributed by atoms with E-state index in [0.29, 0.717) is 6.42 Å². The Balaban J connectivity index is 3.14. The largest absolute Gasteiger partial charge is 0.241 e. The first-order valence-corrected chi connectivity index (χ1v) is 8.58. The maximum Gasteiger partial charge on any atom is 0.241 e. The average Bonchev–Trinajstić information content (AvgIpc) is 2.39. The molecule has 0 saturated heterocycles. The highest BCUT2D eigenvalue weighted by Crippen LogP contribution is 2.21. The molecule has 0 atom stereocenters. The lowest BCUT2D eigenvalue weighted by Crippen LogP contribution is -2.51. The Morgan fingerprint density at radius 1 is 1.16 bits per heavy atom. The van der Waals surface area contributed by atoms with Crippen molar-refractivity contribution in [1.29, 1.82) is 0 Å². The molecule has 6 heteroatoms. The molecule has 0 saturated carbocycles. The zero-order valence-corrected chi connectivity index (χ0v) is 13.7. The summed E-state index contributed by atoms with van der Waals surface area (Å²) in [6, 6.07) is 5.03. The molecule has 0 spiro atoms. The van der Waals surface area contributed by atoms with Gasteiger partial charge in [-0.1, -0.05) is 13.0 Å². The van der Waals surface area contributed by atoms with Crippen molar-refractivity contribution >= 4 is 33.2 Å². The molecular weight excluding hydrogens is 305 g/mol. The van der Waals surface area contributed by atoms with Crippen LogP contribution in [-0.4, -0.2) is 25.7 Å². The van der Waals surface area contributed by atoms with E-state index in [-0.39, 0.29) is 16.7 Å². The summed E-state index contributed by atoms with van der Waals surface area (Å²) in [6.45, 7) is 5.67. The van der Waals surface area contributed by atoms with E-state index < -0.39 is 15.6 Å². The summed E-state index contributed by atoms with van der Waals surface area (Å²) in [6.07, 6.45) is 0.532. The van der Waals surface area contributed by atoms with Crippen molar-refractivity contribution in [3.05, 3.63) is 29.3 Å². The van der Waals surface area contributed by atoms with Crippen molar-refractivity contribution in [2.45, 2.75) is 37.6 Å². The second-order valence-electron chi connectivity index (χ2n) is 4.75. The van der Waals surface area contributed by atoms with E-state index in [0.717, 1.165) is 11.1 Å². The fourth-order valence-electron chi connectivity index (χ4n) is 1.58. The van der Waals surface area contributed by atoms with E-state index in [1.165, 1.54) is 0 Å². The molecule has 0 aromatic heterocycles. The molecule has 0 unspecified atom stereocenters. The third-order valence-electron chi connectivity index (χ3n) is 3.33. The topological polar surface area (TPSA) is 46.2 Å². The number of alkyl halides is 2. The monoisotopic (exact) mass is 323 g/mol. The Bertz CT molecular complexity index is 531. The van der Waals surface area contributed by atoms with Gasteiger partial charge in [0.15, 0.2) is 0 Å². The van der Waals surface area contributed by atoms with Crippen LogP contribution in [0.15, 0.2) is 23.1 Å². The predicted molar refractivity (Wildman–Crippen MR) is 80.7 cm³/mol. The Kier molecular flexibility index (Phi) is 5.68. The third-order valence-corrected chi connectivity index (χ3v) is 5.93. The number of rotatable bonds is 6. The maximum atomic E-state index is 12.4. The molecule has 1 aromatic carbocycles. The molecule has 0 radical (unpaired) electrons. The van der Waals surface area contributed by atoms with Crippen molar-refractivity contribution < 1.29 is 8.42 Å². The molecule has 1 rings (SSSR count). The molecule has 0 amide bonds. The molecular formula is C13H19Cl2NO2S. The highest BCUT2D eigenvalue weighted by molar-refractivity contribution is 7.89. The first-order chi connectivity index (χ1) is 8.80. The fourth-order valence-corrected chi connectivity index (χ4v) is 4.09. The van der Waals surface area contributed by atoms with E-state index in [2.05, 4.69) is 4.72 Å². The zero-order chi connectivity index (χ0) is 14.7. The molecule has 0 aliphatic heterocycles. The van der Waals surface area contributed by atoms with Gasteiger partial charge < -0.3 is 0 Å². The van der Waals surface area contributed by atoms with Gasteiger partial charge in [0.2, 0.25) is 10.0 Å². The lowest BCUT2D eigenvalue weighted by atomic mass is 10.0. The molecule has 1 aromatic rings. The SMILES string of the molecule is CCC(CCl)(CCl)NS(=O)(=O)c1ccc(C)c(C)c1. The van der Waals surface area contributed by atoms with Gasteiger partial charge >= 0.3 is 0 Å². The van der Waals surface area contributed by atoms with Crippen molar-refractivity contribution in [2.75, 3.05) is 11.8 Å². The van der Waals surface area contributed by atoms with Gasteiger partial charge in [0.1, 0.15) is 0 Å². The summed E-state index contributed by atoms with van der Waals surface area (Å²) in [5, 5.41) is 0. The first kappa shape index (κ1) is 16.8. The number of aryl methyl sites for hydroxylation is 2. The molecule has 19 heavy (non-hydrogen) atoms. The van der Waals surface area contributed by atoms with Crippen LogP contribution in [0, 0.1) is 13.8 Å². The maximum absolute atomic E-state index is 12.4. The van der Waals surface area contributed by atoms with Crippen LogP contribution >= 0.6 is 23.2 Å². The second-order valence-corrected chi connectivity index (χ2v) is 6.97. The van der Waals surface area contributed by atoms with Crippen LogP contribution in [0.25, 0.3) is 0 Å². The lowest BCUT2D eigenvalue weighted by Gasteiger charge is -2.29. The van der Waals surface area contributed by atoms with Crippen molar-refractivity contribution in [2.24, 2.45) is 0 Å². The van der Waals surface area contributed by atoms with E-state index in [4.69, 9.17) is 23.2 Å². The Labute approximate surface area is 125 Å². The normalized spacial score (nSPS) is 12.7. The zero-order valence-electron chi connectivity index (χ0n) is 11.3. The number of benzene rings is 1. The van der Waals surface area contributed by atoms with E-state index in [9.17, 15) is 8.42 Å². The van der Waals surface area contributed by atoms with Gasteiger partial charge in [-0.25, -0.2) is 13.1 Å². The summed E-state index contributed by atoms with van der Waals surface area (Å²) in [7, 11) is -3.61. The number of halogens is 2. The Morgan fingerprint density at radius 3 is 2.16 bits per heavy atom. The third kappa shape index (κ3) is 3.85. The van der Waals surface area contributed by atoms with Crippen molar-refractivity contribution in [1.82, 2.24) is 4.72 Å². The fraction of sp³-hybridized carbons (Fsp3) is 0.538. The summed E-state index contributed by atoms with van der Waals surface area (Å²) in [5.74, 6) is 0.272. The summed E-state index contributed by atoms with van der Waals surface area (Å²) in [4.78, 5) is 0.239. The quantitative estimate of drug-likeness (QED) is 0.817. The molecule has 0 heterocycles. The number of nitrogens with one attached hydrogen (secondary N) is 1. The molecule has 3 nitrogen and oxygen atoms in total. The van der Waals surface area contributed by atoms with Gasteiger partial charge in [0, 0.05) is 11.8 Å². The summed E-state index contributed by atoms with van der Waals surface area (Å²) < 4.78 is 27.3. The predicted octanol–water partition coefficient (Wildman–Crippen LogP) is 3.21. The molecule has 108 valence electrons. The summed E-state index contributed by atoms with van der Waals surface area (Å²) >= 11 is 11.7. The van der Waals surface area contributed by atoms with Crippen LogP contribution in [0.2, 0.25) is 0 Å². The van der Waals surface area contributed by atoms with Gasteiger partial charge in [0.05, 0.1) is 10.4 Å². The highest BCUT2D eigenvalue weighted by Gasteiger charge is 2.32. The van der Waals surface area contributed by atoms with Gasteiger partial charge in [0.25, 0.3) is 0 Å². The van der Waals surface area contributed by atoms with Gasteiger partial charge in [-0.05, 0) is 43.5 Å². The van der Waals surface area contributed by atoms with Crippen LogP contribution in [0.5, 0.6) is 0 Å². The number of sulfonamides is 1. The minimum Gasteiger partial charge on any atom is -0.207 e. The molecule has 0 bridgehead atoms. The van der Waals surface area contributed by atoms with Crippen LogP contribution < -0.4 is 4.72 Å². The van der Waals surface area contributed by atoms with E-state index in [1.807, 2.05) is 20.8 Å². The smallest absolute Gasteiger partial charge is 0.207 e. The van der Waals surface area contributed by atoms with E-state index >= 15 is 0 Å². The van der Waals surface area contributed by atoms with Crippen LogP contribution in [0.3, 0.4) is 0 Å². The Hall–Kier alpha value is -0.290. The summed E-state index contributed by atoms with van der Waals surface area (Å²) in [5.41, 5.74) is 1.18. The molecule has 0 aliphatic carbocycles. The van der Waals surface area contributed by atoms with Crippen LogP contribution in [0.1, 0.15) is 24.5 Å². The van der Waals surface area contributed by atoms with Crippen molar-refractivity contribution in [3.8, 4) is 0 Å². The van der Waals surface area contributed by atoms with Crippen LogP contribution in [0.4, 0.5) is 0 Å².